The molecule has 102 valence electrons. The third-order valence-electron chi connectivity index (χ3n) is 3.02. The van der Waals surface area contributed by atoms with E-state index in [1.807, 2.05) is 32.3 Å². The van der Waals surface area contributed by atoms with Crippen LogP contribution in [0, 0.1) is 5.82 Å². The minimum absolute atomic E-state index is 0.149. The van der Waals surface area contributed by atoms with Crippen molar-refractivity contribution in [3.05, 3.63) is 47.5 Å². The minimum Gasteiger partial charge on any atom is -0.314 e. The summed E-state index contributed by atoms with van der Waals surface area (Å²) in [7, 11) is 1.84. The van der Waals surface area contributed by atoms with Gasteiger partial charge < -0.3 is 5.32 Å². The Morgan fingerprint density at radius 2 is 2.11 bits per heavy atom. The van der Waals surface area contributed by atoms with Gasteiger partial charge in [0.1, 0.15) is 5.82 Å². The molecule has 0 aliphatic heterocycles. The fraction of sp³-hybridized carbons (Fsp3) is 0.429. The summed E-state index contributed by atoms with van der Waals surface area (Å²) in [4.78, 5) is 0. The first-order valence-corrected chi connectivity index (χ1v) is 6.51. The highest BCUT2D eigenvalue weighted by molar-refractivity contribution is 5.19. The Morgan fingerprint density at radius 1 is 1.32 bits per heavy atom. The van der Waals surface area contributed by atoms with E-state index in [1.54, 1.807) is 10.7 Å². The molecule has 0 amide bonds. The van der Waals surface area contributed by atoms with Gasteiger partial charge in [0, 0.05) is 25.7 Å². The van der Waals surface area contributed by atoms with Crippen LogP contribution in [0.4, 0.5) is 4.39 Å². The molecule has 1 heterocycles. The predicted molar refractivity (Wildman–Crippen MR) is 72.3 cm³/mol. The van der Waals surface area contributed by atoms with Gasteiger partial charge in [0.25, 0.3) is 0 Å². The van der Waals surface area contributed by atoms with Gasteiger partial charge >= 0.3 is 0 Å². The van der Waals surface area contributed by atoms with Gasteiger partial charge in [-0.2, -0.15) is 0 Å². The molecule has 1 unspecified atom stereocenters. The number of halogens is 1. The number of hydrogen-bond acceptors (Lipinski definition) is 3. The number of aryl methyl sites for hydroxylation is 1. The summed E-state index contributed by atoms with van der Waals surface area (Å²) in [6.07, 6.45) is 3.29. The Hall–Kier alpha value is -1.75. The summed E-state index contributed by atoms with van der Waals surface area (Å²) in [5.41, 5.74) is 1.65. The van der Waals surface area contributed by atoms with E-state index in [-0.39, 0.29) is 11.9 Å². The highest BCUT2D eigenvalue weighted by Gasteiger charge is 2.13. The number of nitrogens with one attached hydrogen (secondary N) is 1. The molecular weight excluding hydrogens is 243 g/mol. The highest BCUT2D eigenvalue weighted by atomic mass is 19.1. The van der Waals surface area contributed by atoms with E-state index in [0.29, 0.717) is 6.42 Å². The van der Waals surface area contributed by atoms with Gasteiger partial charge in [-0.05, 0) is 24.6 Å². The zero-order valence-corrected chi connectivity index (χ0v) is 11.3. The van der Waals surface area contributed by atoms with Crippen molar-refractivity contribution in [2.45, 2.75) is 25.8 Å². The van der Waals surface area contributed by atoms with Crippen LogP contribution >= 0.6 is 0 Å². The monoisotopic (exact) mass is 262 g/mol. The number of likely N-dealkylation sites (N-methyl/N-ethyl adjacent to an activating group) is 1. The molecule has 1 aromatic heterocycles. The Balaban J connectivity index is 2.06. The average molecular weight is 262 g/mol. The van der Waals surface area contributed by atoms with E-state index < -0.39 is 0 Å². The lowest BCUT2D eigenvalue weighted by Gasteiger charge is -2.17. The summed E-state index contributed by atoms with van der Waals surface area (Å²) in [5.74, 6) is -0.149. The van der Waals surface area contributed by atoms with Gasteiger partial charge in [0.15, 0.2) is 0 Å². The second kappa shape index (κ2) is 6.43. The maximum absolute atomic E-state index is 13.7. The first-order valence-electron chi connectivity index (χ1n) is 6.51. The third kappa shape index (κ3) is 3.86. The van der Waals surface area contributed by atoms with Crippen LogP contribution in [0.2, 0.25) is 0 Å². The van der Waals surface area contributed by atoms with Crippen molar-refractivity contribution in [1.29, 1.82) is 0 Å². The van der Waals surface area contributed by atoms with Crippen LogP contribution < -0.4 is 5.32 Å². The zero-order valence-electron chi connectivity index (χ0n) is 11.3. The van der Waals surface area contributed by atoms with Crippen LogP contribution in [0.25, 0.3) is 0 Å². The number of hydrogen-bond donors (Lipinski definition) is 1. The van der Waals surface area contributed by atoms with E-state index in [1.165, 1.54) is 6.07 Å². The molecule has 0 fully saturated rings. The molecule has 1 aromatic carbocycles. The summed E-state index contributed by atoms with van der Waals surface area (Å²) in [5, 5.41) is 11.4. The number of benzene rings is 1. The predicted octanol–water partition coefficient (Wildman–Crippen LogP) is 1.72. The molecule has 0 aliphatic carbocycles. The summed E-state index contributed by atoms with van der Waals surface area (Å²) < 4.78 is 15.4. The van der Waals surface area contributed by atoms with Gasteiger partial charge in [-0.1, -0.05) is 30.3 Å². The molecule has 2 rings (SSSR count). The molecule has 0 radical (unpaired) electrons. The molecular formula is C14H19FN4. The number of nitrogens with zero attached hydrogens (tertiary/aromatic N) is 3. The number of aromatic nitrogens is 3. The lowest BCUT2D eigenvalue weighted by atomic mass is 10.0. The highest BCUT2D eigenvalue weighted by Crippen LogP contribution is 2.11. The number of rotatable bonds is 6. The van der Waals surface area contributed by atoms with E-state index in [0.717, 1.165) is 24.2 Å². The fourth-order valence-electron chi connectivity index (χ4n) is 2.18. The second-order valence-electron chi connectivity index (χ2n) is 4.64. The van der Waals surface area contributed by atoms with Crippen LogP contribution in [-0.2, 0) is 19.9 Å². The van der Waals surface area contributed by atoms with Crippen LogP contribution in [0.15, 0.2) is 30.5 Å². The van der Waals surface area contributed by atoms with Crippen LogP contribution in [0.5, 0.6) is 0 Å². The van der Waals surface area contributed by atoms with Gasteiger partial charge in [0.05, 0.1) is 5.69 Å². The molecule has 19 heavy (non-hydrogen) atoms. The van der Waals surface area contributed by atoms with Gasteiger partial charge in [-0.15, -0.1) is 5.10 Å². The molecule has 2 aromatic rings. The molecule has 0 saturated heterocycles. The lowest BCUT2D eigenvalue weighted by Crippen LogP contribution is -2.33. The first kappa shape index (κ1) is 13.7. The zero-order chi connectivity index (χ0) is 13.7. The van der Waals surface area contributed by atoms with Gasteiger partial charge in [-0.3, -0.25) is 4.68 Å². The maximum Gasteiger partial charge on any atom is 0.126 e. The van der Waals surface area contributed by atoms with Crippen molar-refractivity contribution >= 4 is 0 Å². The fourth-order valence-corrected chi connectivity index (χ4v) is 2.18. The summed E-state index contributed by atoms with van der Waals surface area (Å²) >= 11 is 0. The van der Waals surface area contributed by atoms with Crippen LogP contribution in [0.1, 0.15) is 18.2 Å². The SMILES string of the molecule is CCNC(Cc1cn(C)nn1)Cc1ccccc1F. The molecule has 0 aliphatic rings. The summed E-state index contributed by atoms with van der Waals surface area (Å²) in [6, 6.07) is 7.07. The van der Waals surface area contributed by atoms with Crippen molar-refractivity contribution in [3.63, 3.8) is 0 Å². The maximum atomic E-state index is 13.7. The molecule has 4 nitrogen and oxygen atoms in total. The van der Waals surface area contributed by atoms with Gasteiger partial charge in [-0.25, -0.2) is 4.39 Å². The third-order valence-corrected chi connectivity index (χ3v) is 3.02. The quantitative estimate of drug-likeness (QED) is 0.862. The molecule has 0 bridgehead atoms. The average Bonchev–Trinajstić information content (AvgIpc) is 2.78. The lowest BCUT2D eigenvalue weighted by molar-refractivity contribution is 0.501. The van der Waals surface area contributed by atoms with Gasteiger partial charge in [0.2, 0.25) is 0 Å². The Bertz CT molecular complexity index is 524. The molecule has 0 saturated carbocycles. The molecule has 1 N–H and O–H groups in total. The normalized spacial score (nSPS) is 12.6. The van der Waals surface area contributed by atoms with Crippen molar-refractivity contribution in [2.24, 2.45) is 7.05 Å². The van der Waals surface area contributed by atoms with Crippen molar-refractivity contribution < 1.29 is 4.39 Å². The van der Waals surface area contributed by atoms with Crippen LogP contribution in [-0.4, -0.2) is 27.6 Å². The van der Waals surface area contributed by atoms with Crippen molar-refractivity contribution in [3.8, 4) is 0 Å². The Kier molecular flexibility index (Phi) is 4.63. The minimum atomic E-state index is -0.149. The largest absolute Gasteiger partial charge is 0.314 e. The van der Waals surface area contributed by atoms with E-state index in [9.17, 15) is 4.39 Å². The van der Waals surface area contributed by atoms with Crippen molar-refractivity contribution in [2.75, 3.05) is 6.54 Å². The van der Waals surface area contributed by atoms with E-state index in [2.05, 4.69) is 15.6 Å². The summed E-state index contributed by atoms with van der Waals surface area (Å²) in [6.45, 7) is 2.89. The Labute approximate surface area is 112 Å². The second-order valence-corrected chi connectivity index (χ2v) is 4.64. The molecule has 1 atom stereocenters. The van der Waals surface area contributed by atoms with Crippen LogP contribution in [0.3, 0.4) is 0 Å². The molecule has 0 spiro atoms. The van der Waals surface area contributed by atoms with E-state index in [4.69, 9.17) is 0 Å². The topological polar surface area (TPSA) is 42.7 Å². The Morgan fingerprint density at radius 3 is 2.74 bits per heavy atom. The standard InChI is InChI=1S/C14H19FN4/c1-3-16-12(9-13-10-19(2)18-17-13)8-11-6-4-5-7-14(11)15/h4-7,10,12,16H,3,8-9H2,1-2H3. The molecule has 5 heteroatoms. The smallest absolute Gasteiger partial charge is 0.126 e. The van der Waals surface area contributed by atoms with E-state index >= 15 is 0 Å². The van der Waals surface area contributed by atoms with Crippen molar-refractivity contribution in [1.82, 2.24) is 20.3 Å². The first-order chi connectivity index (χ1) is 9.19.